The van der Waals surface area contributed by atoms with E-state index in [0.29, 0.717) is 0 Å². The summed E-state index contributed by atoms with van der Waals surface area (Å²) >= 11 is 0. The molecule has 0 amide bonds. The minimum atomic E-state index is -1.02. The van der Waals surface area contributed by atoms with Crippen molar-refractivity contribution < 1.29 is 0 Å². The summed E-state index contributed by atoms with van der Waals surface area (Å²) in [5.41, 5.74) is 6.72. The normalized spacial score (nSPS) is 14.6. The van der Waals surface area contributed by atoms with Gasteiger partial charge in [-0.05, 0) is 0 Å². The Balaban J connectivity index is 4.98. The van der Waals surface area contributed by atoms with Crippen LogP contribution in [0.3, 0.4) is 0 Å². The molecule has 0 saturated heterocycles. The summed E-state index contributed by atoms with van der Waals surface area (Å²) in [5.74, 6) is 0. The van der Waals surface area contributed by atoms with Crippen molar-refractivity contribution in [2.45, 2.75) is 114 Å². The molecule has 0 N–H and O–H groups in total. The van der Waals surface area contributed by atoms with Gasteiger partial charge in [0.1, 0.15) is 0 Å². The molecule has 0 atom stereocenters. The van der Waals surface area contributed by atoms with Crippen molar-refractivity contribution in [2.24, 2.45) is 0 Å². The molecule has 1 radical (unpaired) electrons. The third kappa shape index (κ3) is 9.38. The van der Waals surface area contributed by atoms with E-state index in [9.17, 15) is 0 Å². The van der Waals surface area contributed by atoms with Crippen molar-refractivity contribution in [3.8, 4) is 0 Å². The third-order valence-electron chi connectivity index (χ3n) is 5.85. The fourth-order valence-corrected chi connectivity index (χ4v) is 51.8. The molecule has 0 aromatic carbocycles. The van der Waals surface area contributed by atoms with E-state index in [4.69, 9.17) is 0 Å². The fraction of sp³-hybridized carbons (Fsp3) is 1.00. The predicted molar refractivity (Wildman–Crippen MR) is 126 cm³/mol. The molecule has 0 aromatic heterocycles. The van der Waals surface area contributed by atoms with Gasteiger partial charge in [-0.2, -0.15) is 0 Å². The average Bonchev–Trinajstić information content (AvgIpc) is 2.31. The van der Waals surface area contributed by atoms with E-state index in [0.717, 1.165) is 0 Å². The van der Waals surface area contributed by atoms with Gasteiger partial charge in [-0.15, -0.1) is 0 Å². The van der Waals surface area contributed by atoms with Gasteiger partial charge < -0.3 is 0 Å². The summed E-state index contributed by atoms with van der Waals surface area (Å²) in [5, 5.41) is 0. The van der Waals surface area contributed by atoms with Gasteiger partial charge in [0, 0.05) is 33.0 Å². The van der Waals surface area contributed by atoms with Crippen LogP contribution in [-0.2, 0) is 0 Å². The van der Waals surface area contributed by atoms with Crippen molar-refractivity contribution in [3.05, 3.63) is 0 Å². The molecule has 0 aliphatic rings. The maximum atomic E-state index is 2.74. The SMILES string of the molecule is CC[Si](CC)(CC)C[Si](C)(C)C[Si](C)(C)C[Si](C)(C)C[Si](C)C. The van der Waals surface area contributed by atoms with Crippen LogP contribution in [0, 0.1) is 0 Å². The molecule has 23 heavy (non-hydrogen) atoms. The Bertz CT molecular complexity index is 335. The second-order valence-electron chi connectivity index (χ2n) is 11.0. The molecule has 0 bridgehead atoms. The molecule has 0 aromatic rings. The molecule has 0 unspecified atom stereocenters. The van der Waals surface area contributed by atoms with Crippen LogP contribution < -0.4 is 0 Å². The lowest BCUT2D eigenvalue weighted by Crippen LogP contribution is -2.50. The first-order valence-electron chi connectivity index (χ1n) is 10.0. The van der Waals surface area contributed by atoms with Gasteiger partial charge >= 0.3 is 0 Å². The zero-order valence-electron chi connectivity index (χ0n) is 18.4. The molecule has 5 heteroatoms. The third-order valence-corrected chi connectivity index (χ3v) is 39.1. The lowest BCUT2D eigenvalue weighted by molar-refractivity contribution is 1.15. The smallest absolute Gasteiger partial charge is 0.0501 e. The first kappa shape index (κ1) is 24.1. The Labute approximate surface area is 154 Å². The van der Waals surface area contributed by atoms with E-state index in [2.05, 4.69) is 73.1 Å². The molecular weight excluding hydrogens is 357 g/mol. The summed E-state index contributed by atoms with van der Waals surface area (Å²) in [6, 6.07) is 4.57. The van der Waals surface area contributed by atoms with E-state index in [1.165, 1.54) is 18.1 Å². The summed E-state index contributed by atoms with van der Waals surface area (Å²) in [4.78, 5) is 0. The quantitative estimate of drug-likeness (QED) is 0.313. The number of hydrogen-bond acceptors (Lipinski definition) is 0. The van der Waals surface area contributed by atoms with Gasteiger partial charge in [0.05, 0.1) is 8.07 Å². The molecule has 0 aliphatic carbocycles. The van der Waals surface area contributed by atoms with E-state index < -0.39 is 32.3 Å². The van der Waals surface area contributed by atoms with Crippen LogP contribution in [0.25, 0.3) is 0 Å². The molecule has 0 rings (SSSR count). The van der Waals surface area contributed by atoms with E-state index in [1.807, 2.05) is 0 Å². The van der Waals surface area contributed by atoms with Gasteiger partial charge in [-0.25, -0.2) is 0 Å². The number of hydrogen-bond donors (Lipinski definition) is 0. The highest BCUT2D eigenvalue weighted by Gasteiger charge is 2.41. The zero-order valence-corrected chi connectivity index (χ0v) is 23.4. The fourth-order valence-electron chi connectivity index (χ4n) is 5.88. The molecule has 0 aliphatic heterocycles. The van der Waals surface area contributed by atoms with Crippen molar-refractivity contribution in [3.63, 3.8) is 0 Å². The zero-order chi connectivity index (χ0) is 18.5. The Kier molecular flexibility index (Phi) is 9.58. The van der Waals surface area contributed by atoms with Crippen LogP contribution in [0.15, 0.2) is 0 Å². The van der Waals surface area contributed by atoms with Gasteiger partial charge in [-0.1, -0.05) is 114 Å². The lowest BCUT2D eigenvalue weighted by Gasteiger charge is -2.42. The summed E-state index contributed by atoms with van der Waals surface area (Å²) in [6.45, 7) is 28.9. The molecular formula is C18H47Si5. The largest absolute Gasteiger partial charge is 0.0715 e. The molecule has 0 saturated carbocycles. The van der Waals surface area contributed by atoms with Crippen molar-refractivity contribution >= 4 is 41.1 Å². The highest BCUT2D eigenvalue weighted by molar-refractivity contribution is 7.07. The second-order valence-corrected chi connectivity index (χ2v) is 37.1. The minimum Gasteiger partial charge on any atom is -0.0715 e. The maximum Gasteiger partial charge on any atom is 0.0501 e. The highest BCUT2D eigenvalue weighted by Crippen LogP contribution is 2.37. The van der Waals surface area contributed by atoms with Gasteiger partial charge in [-0.3, -0.25) is 0 Å². The Morgan fingerprint density at radius 2 is 0.913 bits per heavy atom. The second kappa shape index (κ2) is 9.15. The summed E-state index contributed by atoms with van der Waals surface area (Å²) in [6.07, 6.45) is 0. The van der Waals surface area contributed by atoms with Crippen LogP contribution in [0.1, 0.15) is 20.8 Å². The predicted octanol–water partition coefficient (Wildman–Crippen LogP) is 7.53. The molecule has 0 spiro atoms. The Hall–Kier alpha value is 1.08. The maximum absolute atomic E-state index is 2.74. The molecule has 0 heterocycles. The highest BCUT2D eigenvalue weighted by atomic mass is 28.4. The Morgan fingerprint density at radius 1 is 0.565 bits per heavy atom. The van der Waals surface area contributed by atoms with Gasteiger partial charge in [0.2, 0.25) is 0 Å². The van der Waals surface area contributed by atoms with E-state index in [-0.39, 0.29) is 8.80 Å². The van der Waals surface area contributed by atoms with Gasteiger partial charge in [0.25, 0.3) is 0 Å². The number of rotatable bonds is 11. The van der Waals surface area contributed by atoms with Crippen LogP contribution in [0.2, 0.25) is 93.2 Å². The van der Waals surface area contributed by atoms with Crippen molar-refractivity contribution in [1.82, 2.24) is 0 Å². The van der Waals surface area contributed by atoms with E-state index in [1.54, 1.807) is 22.7 Å². The topological polar surface area (TPSA) is 0 Å². The van der Waals surface area contributed by atoms with Crippen LogP contribution in [0.5, 0.6) is 0 Å². The molecule has 0 nitrogen and oxygen atoms in total. The van der Waals surface area contributed by atoms with Crippen LogP contribution in [-0.4, -0.2) is 41.1 Å². The summed E-state index contributed by atoms with van der Waals surface area (Å²) in [7, 11) is -3.97. The lowest BCUT2D eigenvalue weighted by atomic mass is 10.9. The summed E-state index contributed by atoms with van der Waals surface area (Å²) < 4.78 is 0. The van der Waals surface area contributed by atoms with Crippen molar-refractivity contribution in [2.75, 3.05) is 0 Å². The van der Waals surface area contributed by atoms with Crippen molar-refractivity contribution in [1.29, 1.82) is 0 Å². The Morgan fingerprint density at radius 3 is 1.26 bits per heavy atom. The monoisotopic (exact) mass is 403 g/mol. The first-order valence-corrected chi connectivity index (χ1v) is 25.8. The minimum absolute atomic E-state index is 0.0442. The van der Waals surface area contributed by atoms with Gasteiger partial charge in [0.15, 0.2) is 0 Å². The van der Waals surface area contributed by atoms with Crippen LogP contribution in [0.4, 0.5) is 0 Å². The first-order chi connectivity index (χ1) is 10.2. The standard InChI is InChI=1S/C18H47Si5/c1-12-23(13-2,14-3)18-22(10,11)17-21(8,9)16-20(6,7)15-19(4)5/h12-18H2,1-11H3. The molecule has 0 fully saturated rings. The van der Waals surface area contributed by atoms with Crippen LogP contribution >= 0.6 is 0 Å². The molecule has 139 valence electrons. The average molecular weight is 404 g/mol. The van der Waals surface area contributed by atoms with E-state index >= 15 is 0 Å².